The standard InChI is InChI=1S/C17H16ClN5OS2/c18-13-6-8-14(9-7-13)23-17(20-21-22-23)26-12-16(24)19-10-11-25-15-4-2-1-3-5-15/h1-9H,10-12H2,(H,19,24). The number of carbonyl (C=O) groups excluding carboxylic acids is 1. The number of hydrogen-bond acceptors (Lipinski definition) is 6. The molecule has 0 spiro atoms. The molecule has 0 unspecified atom stereocenters. The van der Waals surface area contributed by atoms with Gasteiger partial charge in [0.15, 0.2) is 0 Å². The lowest BCUT2D eigenvalue weighted by Gasteiger charge is -2.06. The lowest BCUT2D eigenvalue weighted by molar-refractivity contribution is -0.118. The Balaban J connectivity index is 1.43. The summed E-state index contributed by atoms with van der Waals surface area (Å²) in [4.78, 5) is 13.2. The lowest BCUT2D eigenvalue weighted by Crippen LogP contribution is -2.27. The van der Waals surface area contributed by atoms with E-state index in [0.29, 0.717) is 16.7 Å². The number of nitrogens with zero attached hydrogens (tertiary/aromatic N) is 4. The monoisotopic (exact) mass is 405 g/mol. The number of halogens is 1. The van der Waals surface area contributed by atoms with Crippen LogP contribution in [0.5, 0.6) is 0 Å². The molecule has 0 aliphatic heterocycles. The summed E-state index contributed by atoms with van der Waals surface area (Å²) in [5.41, 5.74) is 0.793. The van der Waals surface area contributed by atoms with Gasteiger partial charge in [0, 0.05) is 22.2 Å². The van der Waals surface area contributed by atoms with Crippen LogP contribution in [0.1, 0.15) is 0 Å². The third-order valence-electron chi connectivity index (χ3n) is 3.28. The van der Waals surface area contributed by atoms with Crippen molar-refractivity contribution < 1.29 is 4.79 Å². The average Bonchev–Trinajstić information content (AvgIpc) is 3.14. The van der Waals surface area contributed by atoms with E-state index in [9.17, 15) is 4.79 Å². The van der Waals surface area contributed by atoms with Crippen LogP contribution >= 0.6 is 35.1 Å². The second-order valence-corrected chi connectivity index (χ2v) is 7.70. The molecule has 0 aliphatic carbocycles. The average molecular weight is 406 g/mol. The molecule has 1 heterocycles. The van der Waals surface area contributed by atoms with Gasteiger partial charge in [-0.1, -0.05) is 41.6 Å². The van der Waals surface area contributed by atoms with Crippen LogP contribution in [0.25, 0.3) is 5.69 Å². The van der Waals surface area contributed by atoms with Gasteiger partial charge in [0.2, 0.25) is 11.1 Å². The molecule has 0 saturated carbocycles. The van der Waals surface area contributed by atoms with Crippen molar-refractivity contribution >= 4 is 41.0 Å². The van der Waals surface area contributed by atoms with Crippen molar-refractivity contribution in [2.24, 2.45) is 0 Å². The van der Waals surface area contributed by atoms with E-state index in [0.717, 1.165) is 11.4 Å². The number of aromatic nitrogens is 4. The molecule has 6 nitrogen and oxygen atoms in total. The third-order valence-corrected chi connectivity index (χ3v) is 5.47. The number of nitrogens with one attached hydrogen (secondary N) is 1. The first kappa shape index (κ1) is 18.8. The van der Waals surface area contributed by atoms with Crippen LogP contribution in [-0.2, 0) is 4.79 Å². The number of carbonyl (C=O) groups is 1. The van der Waals surface area contributed by atoms with Crippen molar-refractivity contribution in [1.82, 2.24) is 25.5 Å². The van der Waals surface area contributed by atoms with E-state index in [1.165, 1.54) is 16.7 Å². The van der Waals surface area contributed by atoms with Crippen molar-refractivity contribution in [3.05, 3.63) is 59.6 Å². The van der Waals surface area contributed by atoms with Crippen LogP contribution in [0.4, 0.5) is 0 Å². The quantitative estimate of drug-likeness (QED) is 0.458. The molecule has 0 radical (unpaired) electrons. The number of tetrazole rings is 1. The Morgan fingerprint density at radius 2 is 1.85 bits per heavy atom. The summed E-state index contributed by atoms with van der Waals surface area (Å²) in [6.45, 7) is 0.612. The molecule has 2 aromatic carbocycles. The van der Waals surface area contributed by atoms with Crippen molar-refractivity contribution in [3.8, 4) is 5.69 Å². The number of amides is 1. The molecule has 26 heavy (non-hydrogen) atoms. The summed E-state index contributed by atoms with van der Waals surface area (Å²) in [6.07, 6.45) is 0. The highest BCUT2D eigenvalue weighted by Gasteiger charge is 2.11. The molecule has 0 atom stereocenters. The van der Waals surface area contributed by atoms with Gasteiger partial charge in [0.25, 0.3) is 0 Å². The second kappa shape index (κ2) is 9.61. The maximum Gasteiger partial charge on any atom is 0.230 e. The number of benzene rings is 2. The summed E-state index contributed by atoms with van der Waals surface area (Å²) < 4.78 is 1.58. The van der Waals surface area contributed by atoms with Crippen LogP contribution in [0.2, 0.25) is 5.02 Å². The maximum atomic E-state index is 12.0. The highest BCUT2D eigenvalue weighted by molar-refractivity contribution is 7.99. The van der Waals surface area contributed by atoms with Crippen LogP contribution < -0.4 is 5.32 Å². The van der Waals surface area contributed by atoms with E-state index in [1.54, 1.807) is 28.6 Å². The topological polar surface area (TPSA) is 72.7 Å². The van der Waals surface area contributed by atoms with Gasteiger partial charge in [0.1, 0.15) is 0 Å². The third kappa shape index (κ3) is 5.48. The van der Waals surface area contributed by atoms with Crippen LogP contribution in [0, 0.1) is 0 Å². The predicted molar refractivity (Wildman–Crippen MR) is 105 cm³/mol. The van der Waals surface area contributed by atoms with Crippen molar-refractivity contribution in [1.29, 1.82) is 0 Å². The molecule has 1 N–H and O–H groups in total. The molecular weight excluding hydrogens is 390 g/mol. The molecule has 0 aliphatic rings. The lowest BCUT2D eigenvalue weighted by atomic mass is 10.3. The molecule has 1 amide bonds. The van der Waals surface area contributed by atoms with E-state index in [4.69, 9.17) is 11.6 Å². The Hall–Kier alpha value is -2.03. The predicted octanol–water partition coefficient (Wildman–Crippen LogP) is 3.32. The SMILES string of the molecule is O=C(CSc1nnnn1-c1ccc(Cl)cc1)NCCSc1ccccc1. The van der Waals surface area contributed by atoms with Gasteiger partial charge < -0.3 is 5.32 Å². The van der Waals surface area contributed by atoms with E-state index in [2.05, 4.69) is 33.0 Å². The molecule has 0 fully saturated rings. The molecule has 0 saturated heterocycles. The Bertz CT molecular complexity index is 842. The molecule has 9 heteroatoms. The van der Waals surface area contributed by atoms with Crippen LogP contribution in [0.3, 0.4) is 0 Å². The highest BCUT2D eigenvalue weighted by atomic mass is 35.5. The highest BCUT2D eigenvalue weighted by Crippen LogP contribution is 2.19. The normalized spacial score (nSPS) is 10.7. The molecule has 134 valence electrons. The van der Waals surface area contributed by atoms with Gasteiger partial charge >= 0.3 is 0 Å². The molecule has 3 rings (SSSR count). The van der Waals surface area contributed by atoms with Crippen molar-refractivity contribution in [2.45, 2.75) is 10.1 Å². The Labute approximate surface area is 164 Å². The fourth-order valence-corrected chi connectivity index (χ4v) is 3.71. The summed E-state index contributed by atoms with van der Waals surface area (Å²) in [5.74, 6) is 1.03. The van der Waals surface area contributed by atoms with Gasteiger partial charge in [-0.05, 0) is 46.8 Å². The smallest absolute Gasteiger partial charge is 0.230 e. The van der Waals surface area contributed by atoms with Crippen molar-refractivity contribution in [3.63, 3.8) is 0 Å². The fraction of sp³-hybridized carbons (Fsp3) is 0.176. The van der Waals surface area contributed by atoms with Gasteiger partial charge in [-0.3, -0.25) is 4.79 Å². The zero-order valence-electron chi connectivity index (χ0n) is 13.7. The number of hydrogen-bond donors (Lipinski definition) is 1. The largest absolute Gasteiger partial charge is 0.355 e. The molecule has 1 aromatic heterocycles. The first-order valence-electron chi connectivity index (χ1n) is 7.84. The van der Waals surface area contributed by atoms with E-state index >= 15 is 0 Å². The molecule has 3 aromatic rings. The minimum Gasteiger partial charge on any atom is -0.355 e. The first-order chi connectivity index (χ1) is 12.7. The van der Waals surface area contributed by atoms with Crippen LogP contribution in [0.15, 0.2) is 64.6 Å². The zero-order chi connectivity index (χ0) is 18.2. The Morgan fingerprint density at radius 3 is 2.62 bits per heavy atom. The van der Waals surface area contributed by atoms with Gasteiger partial charge in [-0.2, -0.15) is 4.68 Å². The Morgan fingerprint density at radius 1 is 1.08 bits per heavy atom. The van der Waals surface area contributed by atoms with Crippen molar-refractivity contribution in [2.75, 3.05) is 18.1 Å². The summed E-state index contributed by atoms with van der Waals surface area (Å²) in [5, 5.41) is 15.7. The van der Waals surface area contributed by atoms with Gasteiger partial charge in [0.05, 0.1) is 11.4 Å². The zero-order valence-corrected chi connectivity index (χ0v) is 16.1. The van der Waals surface area contributed by atoms with Gasteiger partial charge in [-0.25, -0.2) is 0 Å². The molecule has 0 bridgehead atoms. The van der Waals surface area contributed by atoms with Gasteiger partial charge in [-0.15, -0.1) is 16.9 Å². The number of rotatable bonds is 8. The summed E-state index contributed by atoms with van der Waals surface area (Å²) in [7, 11) is 0. The van der Waals surface area contributed by atoms with E-state index in [1.807, 2.05) is 30.3 Å². The minimum atomic E-state index is -0.0469. The maximum absolute atomic E-state index is 12.0. The van der Waals surface area contributed by atoms with E-state index < -0.39 is 0 Å². The van der Waals surface area contributed by atoms with Crippen LogP contribution in [-0.4, -0.2) is 44.2 Å². The molecular formula is C17H16ClN5OS2. The second-order valence-electron chi connectivity index (χ2n) is 5.15. The summed E-state index contributed by atoms with van der Waals surface area (Å²) in [6, 6.07) is 17.3. The summed E-state index contributed by atoms with van der Waals surface area (Å²) >= 11 is 8.89. The number of thioether (sulfide) groups is 2. The fourth-order valence-electron chi connectivity index (χ4n) is 2.07. The minimum absolute atomic E-state index is 0.0469. The first-order valence-corrected chi connectivity index (χ1v) is 10.2. The Kier molecular flexibility index (Phi) is 6.93. The van der Waals surface area contributed by atoms with E-state index in [-0.39, 0.29) is 11.7 Å².